The van der Waals surface area contributed by atoms with E-state index < -0.39 is 0 Å². The van der Waals surface area contributed by atoms with Crippen molar-refractivity contribution in [3.63, 3.8) is 0 Å². The molecule has 0 spiro atoms. The Morgan fingerprint density at radius 2 is 2.12 bits per heavy atom. The van der Waals surface area contributed by atoms with Crippen LogP contribution in [0.2, 0.25) is 10.0 Å². The SMILES string of the molecule is Cc1cnn(Cc2cccc(Cl)c2Cl)c(=O)c1. The topological polar surface area (TPSA) is 34.9 Å². The number of hydrogen-bond donors (Lipinski definition) is 0. The Morgan fingerprint density at radius 3 is 2.82 bits per heavy atom. The van der Waals surface area contributed by atoms with Crippen molar-refractivity contribution in [3.8, 4) is 0 Å². The Kier molecular flexibility index (Phi) is 3.50. The van der Waals surface area contributed by atoms with E-state index in [0.29, 0.717) is 16.6 Å². The zero-order chi connectivity index (χ0) is 12.4. The van der Waals surface area contributed by atoms with E-state index in [4.69, 9.17) is 23.2 Å². The normalized spacial score (nSPS) is 10.5. The van der Waals surface area contributed by atoms with E-state index in [1.807, 2.05) is 13.0 Å². The van der Waals surface area contributed by atoms with Crippen molar-refractivity contribution in [2.75, 3.05) is 0 Å². The van der Waals surface area contributed by atoms with Gasteiger partial charge in [0.15, 0.2) is 0 Å². The zero-order valence-electron chi connectivity index (χ0n) is 9.15. The number of aryl methyl sites for hydroxylation is 1. The molecule has 0 aliphatic rings. The highest BCUT2D eigenvalue weighted by Gasteiger charge is 2.06. The van der Waals surface area contributed by atoms with Crippen molar-refractivity contribution < 1.29 is 0 Å². The molecule has 1 aromatic heterocycles. The minimum absolute atomic E-state index is 0.152. The Hall–Kier alpha value is -1.32. The first-order valence-corrected chi connectivity index (χ1v) is 5.80. The molecule has 1 heterocycles. The summed E-state index contributed by atoms with van der Waals surface area (Å²) in [6.45, 7) is 2.14. The second kappa shape index (κ2) is 4.90. The van der Waals surface area contributed by atoms with Crippen molar-refractivity contribution in [3.05, 3.63) is 62.0 Å². The predicted octanol–water partition coefficient (Wildman–Crippen LogP) is 2.91. The van der Waals surface area contributed by atoms with E-state index in [9.17, 15) is 4.79 Å². The van der Waals surface area contributed by atoms with Crippen LogP contribution < -0.4 is 5.56 Å². The summed E-state index contributed by atoms with van der Waals surface area (Å²) in [4.78, 5) is 11.7. The molecule has 0 atom stereocenters. The lowest BCUT2D eigenvalue weighted by atomic mass is 10.2. The number of aromatic nitrogens is 2. The highest BCUT2D eigenvalue weighted by Crippen LogP contribution is 2.25. The van der Waals surface area contributed by atoms with Gasteiger partial charge in [-0.05, 0) is 24.1 Å². The number of hydrogen-bond acceptors (Lipinski definition) is 2. The van der Waals surface area contributed by atoms with E-state index in [-0.39, 0.29) is 5.56 Å². The molecule has 0 unspecified atom stereocenters. The van der Waals surface area contributed by atoms with Crippen LogP contribution in [-0.2, 0) is 6.54 Å². The molecule has 0 saturated carbocycles. The van der Waals surface area contributed by atoms with E-state index >= 15 is 0 Å². The summed E-state index contributed by atoms with van der Waals surface area (Å²) in [5.74, 6) is 0. The summed E-state index contributed by atoms with van der Waals surface area (Å²) in [5, 5.41) is 4.98. The third-order valence-electron chi connectivity index (χ3n) is 2.36. The van der Waals surface area contributed by atoms with Crippen LogP contribution in [-0.4, -0.2) is 9.78 Å². The highest BCUT2D eigenvalue weighted by molar-refractivity contribution is 6.42. The summed E-state index contributed by atoms with van der Waals surface area (Å²) in [5.41, 5.74) is 1.46. The van der Waals surface area contributed by atoms with E-state index in [1.54, 1.807) is 18.3 Å². The first-order valence-electron chi connectivity index (χ1n) is 5.04. The molecule has 3 nitrogen and oxygen atoms in total. The zero-order valence-corrected chi connectivity index (χ0v) is 10.7. The largest absolute Gasteiger partial charge is 0.268 e. The molecule has 0 N–H and O–H groups in total. The van der Waals surface area contributed by atoms with E-state index in [2.05, 4.69) is 5.10 Å². The van der Waals surface area contributed by atoms with Gasteiger partial charge in [-0.1, -0.05) is 35.3 Å². The van der Waals surface area contributed by atoms with Gasteiger partial charge >= 0.3 is 0 Å². The molecular weight excluding hydrogens is 259 g/mol. The molecule has 0 fully saturated rings. The molecule has 0 radical (unpaired) electrons. The Balaban J connectivity index is 2.38. The number of benzene rings is 1. The number of rotatable bonds is 2. The van der Waals surface area contributed by atoms with Crippen molar-refractivity contribution >= 4 is 23.2 Å². The first-order chi connectivity index (χ1) is 8.08. The average Bonchev–Trinajstić information content (AvgIpc) is 2.28. The maximum Gasteiger partial charge on any atom is 0.267 e. The third kappa shape index (κ3) is 2.68. The Morgan fingerprint density at radius 1 is 1.35 bits per heavy atom. The van der Waals surface area contributed by atoms with Gasteiger partial charge in [0, 0.05) is 6.07 Å². The predicted molar refractivity (Wildman–Crippen MR) is 68.8 cm³/mol. The molecule has 0 saturated heterocycles. The second-order valence-electron chi connectivity index (χ2n) is 3.74. The maximum atomic E-state index is 11.7. The molecular formula is C12H10Cl2N2O. The smallest absolute Gasteiger partial charge is 0.267 e. The summed E-state index contributed by atoms with van der Waals surface area (Å²) in [7, 11) is 0. The summed E-state index contributed by atoms with van der Waals surface area (Å²) in [6, 6.07) is 6.86. The minimum Gasteiger partial charge on any atom is -0.268 e. The van der Waals surface area contributed by atoms with Crippen LogP contribution in [0.1, 0.15) is 11.1 Å². The summed E-state index contributed by atoms with van der Waals surface area (Å²) in [6.07, 6.45) is 1.64. The Bertz CT molecular complexity index is 608. The lowest BCUT2D eigenvalue weighted by molar-refractivity contribution is 0.636. The van der Waals surface area contributed by atoms with Crippen molar-refractivity contribution in [2.24, 2.45) is 0 Å². The van der Waals surface area contributed by atoms with Crippen molar-refractivity contribution in [1.29, 1.82) is 0 Å². The minimum atomic E-state index is -0.152. The van der Waals surface area contributed by atoms with Crippen LogP contribution in [0, 0.1) is 6.92 Å². The molecule has 0 aliphatic heterocycles. The fourth-order valence-electron chi connectivity index (χ4n) is 1.47. The third-order valence-corrected chi connectivity index (χ3v) is 3.22. The molecule has 0 amide bonds. The van der Waals surface area contributed by atoms with Gasteiger partial charge in [0.1, 0.15) is 0 Å². The van der Waals surface area contributed by atoms with Crippen LogP contribution in [0.5, 0.6) is 0 Å². The van der Waals surface area contributed by atoms with Crippen LogP contribution in [0.4, 0.5) is 0 Å². The van der Waals surface area contributed by atoms with Crippen LogP contribution in [0.15, 0.2) is 35.3 Å². The number of nitrogens with zero attached hydrogens (tertiary/aromatic N) is 2. The molecule has 2 aromatic rings. The van der Waals surface area contributed by atoms with E-state index in [0.717, 1.165) is 11.1 Å². The molecule has 17 heavy (non-hydrogen) atoms. The molecule has 2 rings (SSSR count). The fourth-order valence-corrected chi connectivity index (χ4v) is 1.85. The van der Waals surface area contributed by atoms with Gasteiger partial charge in [-0.15, -0.1) is 0 Å². The van der Waals surface area contributed by atoms with Gasteiger partial charge < -0.3 is 0 Å². The lowest BCUT2D eigenvalue weighted by Crippen LogP contribution is -2.22. The summed E-state index contributed by atoms with van der Waals surface area (Å²) < 4.78 is 1.35. The molecule has 88 valence electrons. The molecule has 0 bridgehead atoms. The molecule has 1 aromatic carbocycles. The molecule has 0 aliphatic carbocycles. The highest BCUT2D eigenvalue weighted by atomic mass is 35.5. The second-order valence-corrected chi connectivity index (χ2v) is 4.53. The standard InChI is InChI=1S/C12H10Cl2N2O/c1-8-5-11(17)16(15-6-8)7-9-3-2-4-10(13)12(9)14/h2-6H,7H2,1H3. The van der Waals surface area contributed by atoms with Crippen molar-refractivity contribution in [2.45, 2.75) is 13.5 Å². The fraction of sp³-hybridized carbons (Fsp3) is 0.167. The number of halogens is 2. The quantitative estimate of drug-likeness (QED) is 0.840. The van der Waals surface area contributed by atoms with Gasteiger partial charge in [0.05, 0.1) is 22.8 Å². The van der Waals surface area contributed by atoms with Crippen LogP contribution in [0.25, 0.3) is 0 Å². The first kappa shape index (κ1) is 12.1. The summed E-state index contributed by atoms with van der Waals surface area (Å²) >= 11 is 12.0. The van der Waals surface area contributed by atoms with Gasteiger partial charge in [-0.25, -0.2) is 4.68 Å². The van der Waals surface area contributed by atoms with E-state index in [1.165, 1.54) is 10.7 Å². The molecule has 5 heteroatoms. The monoisotopic (exact) mass is 268 g/mol. The van der Waals surface area contributed by atoms with Gasteiger partial charge in [-0.2, -0.15) is 5.10 Å². The Labute approximate surface area is 109 Å². The van der Waals surface area contributed by atoms with Crippen LogP contribution >= 0.6 is 23.2 Å². The van der Waals surface area contributed by atoms with Gasteiger partial charge in [-0.3, -0.25) is 4.79 Å². The van der Waals surface area contributed by atoms with Crippen molar-refractivity contribution in [1.82, 2.24) is 9.78 Å². The van der Waals surface area contributed by atoms with Gasteiger partial charge in [0.25, 0.3) is 5.56 Å². The average molecular weight is 269 g/mol. The van der Waals surface area contributed by atoms with Crippen LogP contribution in [0.3, 0.4) is 0 Å². The van der Waals surface area contributed by atoms with Gasteiger partial charge in [0.2, 0.25) is 0 Å². The maximum absolute atomic E-state index is 11.7. The lowest BCUT2D eigenvalue weighted by Gasteiger charge is -2.07.